The lowest BCUT2D eigenvalue weighted by atomic mass is 10.0. The molecule has 37 heavy (non-hydrogen) atoms. The Morgan fingerprint density at radius 3 is 2.59 bits per heavy atom. The van der Waals surface area contributed by atoms with Crippen LogP contribution in [0.3, 0.4) is 0 Å². The molecule has 2 N–H and O–H groups in total. The molecule has 5 rings (SSSR count). The van der Waals surface area contributed by atoms with Crippen molar-refractivity contribution in [2.24, 2.45) is 0 Å². The highest BCUT2D eigenvalue weighted by molar-refractivity contribution is 5.98. The number of rotatable bonds is 8. The third-order valence-corrected chi connectivity index (χ3v) is 7.69. The summed E-state index contributed by atoms with van der Waals surface area (Å²) in [7, 11) is 0. The van der Waals surface area contributed by atoms with Crippen LogP contribution in [0.15, 0.2) is 48.5 Å². The number of para-hydroxylation sites is 1. The van der Waals surface area contributed by atoms with Crippen molar-refractivity contribution >= 4 is 28.5 Å². The zero-order valence-corrected chi connectivity index (χ0v) is 22.0. The van der Waals surface area contributed by atoms with Gasteiger partial charge in [0, 0.05) is 55.9 Å². The van der Waals surface area contributed by atoms with Gasteiger partial charge in [-0.15, -0.1) is 0 Å². The second kappa shape index (κ2) is 11.8. The number of H-pyrrole nitrogens is 1. The van der Waals surface area contributed by atoms with Gasteiger partial charge in [-0.3, -0.25) is 14.6 Å². The summed E-state index contributed by atoms with van der Waals surface area (Å²) in [5, 5.41) is 4.11. The highest BCUT2D eigenvalue weighted by atomic mass is 16.2. The summed E-state index contributed by atoms with van der Waals surface area (Å²) in [4.78, 5) is 35.3. The van der Waals surface area contributed by atoms with E-state index < -0.39 is 0 Å². The van der Waals surface area contributed by atoms with Gasteiger partial charge in [-0.25, -0.2) is 4.79 Å². The van der Waals surface area contributed by atoms with Crippen molar-refractivity contribution in [1.82, 2.24) is 20.1 Å². The molecule has 0 bridgehead atoms. The van der Waals surface area contributed by atoms with Crippen LogP contribution >= 0.6 is 0 Å². The van der Waals surface area contributed by atoms with E-state index in [0.717, 1.165) is 94.4 Å². The first-order valence-electron chi connectivity index (χ1n) is 13.8. The predicted octanol–water partition coefficient (Wildman–Crippen LogP) is 4.96. The third-order valence-electron chi connectivity index (χ3n) is 7.69. The second-order valence-corrected chi connectivity index (χ2v) is 10.4. The average molecular weight is 502 g/mol. The molecule has 2 aliphatic rings. The van der Waals surface area contributed by atoms with E-state index in [1.54, 1.807) is 0 Å². The highest BCUT2D eigenvalue weighted by Crippen LogP contribution is 2.28. The molecule has 0 unspecified atom stereocenters. The molecular formula is C30H39N5O2. The Hall–Kier alpha value is -3.32. The Bertz CT molecular complexity index is 1230. The standard InChI is InChI=1S/C30H39N5O2/c1-23-12-13-25-22-27(32-26(25)21-23)29(36)31-14-6-2-3-7-15-33-17-19-34(20-18-33)30(37)35-16-8-10-24-9-4-5-11-28(24)35/h4-5,9,11-13,21-22,32H,2-3,6-8,10,14-20H2,1H3,(H,31,36). The number of nitrogens with one attached hydrogen (secondary N) is 2. The van der Waals surface area contributed by atoms with Gasteiger partial charge in [-0.2, -0.15) is 0 Å². The fourth-order valence-electron chi connectivity index (χ4n) is 5.54. The van der Waals surface area contributed by atoms with E-state index in [1.807, 2.05) is 28.0 Å². The zero-order chi connectivity index (χ0) is 25.6. The number of urea groups is 1. The molecule has 3 aromatic rings. The van der Waals surface area contributed by atoms with Crippen LogP contribution in [0.5, 0.6) is 0 Å². The minimum Gasteiger partial charge on any atom is -0.351 e. The van der Waals surface area contributed by atoms with E-state index in [9.17, 15) is 9.59 Å². The van der Waals surface area contributed by atoms with E-state index in [1.165, 1.54) is 11.1 Å². The second-order valence-electron chi connectivity index (χ2n) is 10.4. The van der Waals surface area contributed by atoms with Crippen LogP contribution in [0.25, 0.3) is 10.9 Å². The van der Waals surface area contributed by atoms with Crippen molar-refractivity contribution in [3.8, 4) is 0 Å². The average Bonchev–Trinajstić information content (AvgIpc) is 3.35. The number of aryl methyl sites for hydroxylation is 2. The van der Waals surface area contributed by atoms with Crippen molar-refractivity contribution in [1.29, 1.82) is 0 Å². The fraction of sp³-hybridized carbons (Fsp3) is 0.467. The minimum atomic E-state index is -0.0330. The van der Waals surface area contributed by atoms with Gasteiger partial charge >= 0.3 is 6.03 Å². The van der Waals surface area contributed by atoms with Gasteiger partial charge in [0.15, 0.2) is 0 Å². The maximum absolute atomic E-state index is 13.2. The number of amides is 3. The highest BCUT2D eigenvalue weighted by Gasteiger charge is 2.28. The minimum absolute atomic E-state index is 0.0330. The first-order valence-corrected chi connectivity index (χ1v) is 13.8. The zero-order valence-electron chi connectivity index (χ0n) is 22.0. The molecule has 2 aromatic carbocycles. The van der Waals surface area contributed by atoms with Crippen LogP contribution < -0.4 is 10.2 Å². The van der Waals surface area contributed by atoms with E-state index in [-0.39, 0.29) is 11.9 Å². The summed E-state index contributed by atoms with van der Waals surface area (Å²) in [5.41, 5.74) is 5.19. The van der Waals surface area contributed by atoms with Gasteiger partial charge in [0.1, 0.15) is 5.69 Å². The van der Waals surface area contributed by atoms with Crippen molar-refractivity contribution < 1.29 is 9.59 Å². The van der Waals surface area contributed by atoms with Crippen molar-refractivity contribution in [2.75, 3.05) is 50.7 Å². The van der Waals surface area contributed by atoms with E-state index in [2.05, 4.69) is 52.5 Å². The number of aromatic amines is 1. The summed E-state index contributed by atoms with van der Waals surface area (Å²) in [5.74, 6) is -0.0330. The molecule has 0 spiro atoms. The maximum atomic E-state index is 13.2. The number of benzene rings is 2. The lowest BCUT2D eigenvalue weighted by Gasteiger charge is -2.39. The normalized spacial score (nSPS) is 16.1. The van der Waals surface area contributed by atoms with Gasteiger partial charge in [-0.1, -0.05) is 43.2 Å². The number of unbranched alkanes of at least 4 members (excludes halogenated alkanes) is 3. The molecule has 0 aliphatic carbocycles. The van der Waals surface area contributed by atoms with Crippen LogP contribution in [-0.4, -0.2) is 72.5 Å². The molecule has 1 fully saturated rings. The monoisotopic (exact) mass is 501 g/mol. The summed E-state index contributed by atoms with van der Waals surface area (Å²) in [6.07, 6.45) is 6.51. The molecule has 2 aliphatic heterocycles. The molecule has 0 saturated carbocycles. The molecule has 3 heterocycles. The van der Waals surface area contributed by atoms with Crippen LogP contribution in [0.4, 0.5) is 10.5 Å². The predicted molar refractivity (Wildman–Crippen MR) is 149 cm³/mol. The van der Waals surface area contributed by atoms with E-state index in [0.29, 0.717) is 12.2 Å². The molecule has 1 saturated heterocycles. The Balaban J connectivity index is 0.953. The number of carbonyl (C=O) groups is 2. The number of anilines is 1. The number of piperazine rings is 1. The Morgan fingerprint density at radius 1 is 0.919 bits per heavy atom. The lowest BCUT2D eigenvalue weighted by molar-refractivity contribution is 0.0948. The molecule has 196 valence electrons. The van der Waals surface area contributed by atoms with E-state index in [4.69, 9.17) is 0 Å². The summed E-state index contributed by atoms with van der Waals surface area (Å²) in [6, 6.07) is 16.6. The molecular weight excluding hydrogens is 462 g/mol. The van der Waals surface area contributed by atoms with Gasteiger partial charge in [0.2, 0.25) is 0 Å². The topological polar surface area (TPSA) is 71.7 Å². The number of hydrogen-bond donors (Lipinski definition) is 2. The van der Waals surface area contributed by atoms with E-state index >= 15 is 0 Å². The van der Waals surface area contributed by atoms with Crippen molar-refractivity contribution in [3.05, 3.63) is 65.4 Å². The fourth-order valence-corrected chi connectivity index (χ4v) is 5.54. The smallest absolute Gasteiger partial charge is 0.324 e. The Morgan fingerprint density at radius 2 is 1.73 bits per heavy atom. The quantitative estimate of drug-likeness (QED) is 0.429. The van der Waals surface area contributed by atoms with Crippen molar-refractivity contribution in [2.45, 2.75) is 45.4 Å². The summed E-state index contributed by atoms with van der Waals surface area (Å²) < 4.78 is 0. The Labute approximate surface area is 219 Å². The van der Waals surface area contributed by atoms with Crippen LogP contribution in [0.1, 0.15) is 53.7 Å². The number of carbonyl (C=O) groups excluding carboxylic acids is 2. The molecule has 7 nitrogen and oxygen atoms in total. The molecule has 0 atom stereocenters. The largest absolute Gasteiger partial charge is 0.351 e. The number of nitrogens with zero attached hydrogens (tertiary/aromatic N) is 3. The molecule has 0 radical (unpaired) electrons. The SMILES string of the molecule is Cc1ccc2cc(C(=O)NCCCCCCN3CCN(C(=O)N4CCCc5ccccc54)CC3)[nH]c2c1. The lowest BCUT2D eigenvalue weighted by Crippen LogP contribution is -2.53. The van der Waals surface area contributed by atoms with Gasteiger partial charge in [0.05, 0.1) is 0 Å². The van der Waals surface area contributed by atoms with Gasteiger partial charge < -0.3 is 15.2 Å². The Kier molecular flexibility index (Phi) is 8.09. The first kappa shape index (κ1) is 25.3. The van der Waals surface area contributed by atoms with Crippen LogP contribution in [0.2, 0.25) is 0 Å². The van der Waals surface area contributed by atoms with Crippen LogP contribution in [0, 0.1) is 6.92 Å². The number of hydrogen-bond acceptors (Lipinski definition) is 3. The number of aromatic nitrogens is 1. The van der Waals surface area contributed by atoms with Gasteiger partial charge in [-0.05, 0) is 68.5 Å². The van der Waals surface area contributed by atoms with Crippen LogP contribution in [-0.2, 0) is 6.42 Å². The molecule has 7 heteroatoms. The van der Waals surface area contributed by atoms with Gasteiger partial charge in [0.25, 0.3) is 5.91 Å². The number of fused-ring (bicyclic) bond motifs is 2. The summed E-state index contributed by atoms with van der Waals surface area (Å²) >= 11 is 0. The molecule has 1 aromatic heterocycles. The third kappa shape index (κ3) is 6.16. The maximum Gasteiger partial charge on any atom is 0.324 e. The summed E-state index contributed by atoms with van der Waals surface area (Å²) in [6.45, 7) is 8.15. The van der Waals surface area contributed by atoms with Crippen molar-refractivity contribution in [3.63, 3.8) is 0 Å². The molecule has 3 amide bonds. The first-order chi connectivity index (χ1) is 18.1.